The van der Waals surface area contributed by atoms with Gasteiger partial charge < -0.3 is 5.11 Å². The van der Waals surface area contributed by atoms with E-state index >= 15 is 0 Å². The molecule has 1 aliphatic carbocycles. The number of aliphatic hydroxyl groups excluding tert-OH is 1. The standard InChI is InChI=1S/C17H29ClN2O/c1-4-5-6-13-7-9-14(10-8-13)16(21)11-15-12(2)19-20(3)17(15)18/h13-14,16,21H,4-11H2,1-3H3. The summed E-state index contributed by atoms with van der Waals surface area (Å²) in [5.74, 6) is 1.32. The van der Waals surface area contributed by atoms with Crippen molar-refractivity contribution in [3.63, 3.8) is 0 Å². The first-order valence-electron chi connectivity index (χ1n) is 8.39. The van der Waals surface area contributed by atoms with Crippen molar-refractivity contribution in [2.75, 3.05) is 0 Å². The maximum atomic E-state index is 10.6. The number of hydrogen-bond acceptors (Lipinski definition) is 2. The molecule has 0 amide bonds. The van der Waals surface area contributed by atoms with E-state index in [4.69, 9.17) is 11.6 Å². The van der Waals surface area contributed by atoms with E-state index in [1.165, 1.54) is 32.1 Å². The van der Waals surface area contributed by atoms with Crippen LogP contribution in [0.15, 0.2) is 0 Å². The summed E-state index contributed by atoms with van der Waals surface area (Å²) in [5.41, 5.74) is 1.96. The Morgan fingerprint density at radius 3 is 2.52 bits per heavy atom. The third-order valence-electron chi connectivity index (χ3n) is 5.08. The molecule has 1 saturated carbocycles. The normalized spacial score (nSPS) is 24.2. The molecular weight excluding hydrogens is 284 g/mol. The SMILES string of the molecule is CCCCC1CCC(C(O)Cc2c(C)nn(C)c2Cl)CC1. The smallest absolute Gasteiger partial charge is 0.130 e. The van der Waals surface area contributed by atoms with Crippen LogP contribution >= 0.6 is 11.6 Å². The highest BCUT2D eigenvalue weighted by atomic mass is 35.5. The molecular formula is C17H29ClN2O. The van der Waals surface area contributed by atoms with Crippen LogP contribution in [-0.2, 0) is 13.5 Å². The van der Waals surface area contributed by atoms with E-state index in [0.717, 1.165) is 30.0 Å². The zero-order chi connectivity index (χ0) is 15.4. The fourth-order valence-corrected chi connectivity index (χ4v) is 3.89. The van der Waals surface area contributed by atoms with Gasteiger partial charge in [0.2, 0.25) is 0 Å². The van der Waals surface area contributed by atoms with Crippen LogP contribution in [0.25, 0.3) is 0 Å². The monoisotopic (exact) mass is 312 g/mol. The number of aryl methyl sites for hydroxylation is 2. The molecule has 1 unspecified atom stereocenters. The minimum atomic E-state index is -0.280. The Morgan fingerprint density at radius 2 is 2.00 bits per heavy atom. The molecule has 4 heteroatoms. The summed E-state index contributed by atoms with van der Waals surface area (Å²) in [6.45, 7) is 4.23. The van der Waals surface area contributed by atoms with Crippen molar-refractivity contribution in [1.29, 1.82) is 0 Å². The molecule has 1 aromatic rings. The number of nitrogens with zero attached hydrogens (tertiary/aromatic N) is 2. The highest BCUT2D eigenvalue weighted by Gasteiger charge is 2.27. The Hall–Kier alpha value is -0.540. The highest BCUT2D eigenvalue weighted by molar-refractivity contribution is 6.30. The van der Waals surface area contributed by atoms with Gasteiger partial charge in [-0.2, -0.15) is 5.10 Å². The van der Waals surface area contributed by atoms with Crippen molar-refractivity contribution in [3.8, 4) is 0 Å². The van der Waals surface area contributed by atoms with Crippen molar-refractivity contribution < 1.29 is 5.11 Å². The third-order valence-corrected chi connectivity index (χ3v) is 5.56. The van der Waals surface area contributed by atoms with Crippen LogP contribution in [0.1, 0.15) is 63.1 Å². The molecule has 2 rings (SSSR count). The molecule has 1 fully saturated rings. The number of unbranched alkanes of at least 4 members (excludes halogenated alkanes) is 1. The second-order valence-electron chi connectivity index (χ2n) is 6.67. The second kappa shape index (κ2) is 7.64. The van der Waals surface area contributed by atoms with Crippen molar-refractivity contribution in [2.24, 2.45) is 18.9 Å². The first-order valence-corrected chi connectivity index (χ1v) is 8.76. The topological polar surface area (TPSA) is 38.1 Å². The molecule has 1 aromatic heterocycles. The van der Waals surface area contributed by atoms with Gasteiger partial charge >= 0.3 is 0 Å². The van der Waals surface area contributed by atoms with Gasteiger partial charge in [0.05, 0.1) is 11.8 Å². The molecule has 0 aromatic carbocycles. The summed E-state index contributed by atoms with van der Waals surface area (Å²) in [6, 6.07) is 0. The molecule has 3 nitrogen and oxygen atoms in total. The van der Waals surface area contributed by atoms with Crippen LogP contribution in [0.5, 0.6) is 0 Å². The van der Waals surface area contributed by atoms with E-state index in [1.54, 1.807) is 4.68 Å². The van der Waals surface area contributed by atoms with Gasteiger partial charge in [-0.05, 0) is 31.6 Å². The van der Waals surface area contributed by atoms with Gasteiger partial charge in [0, 0.05) is 19.0 Å². The van der Waals surface area contributed by atoms with E-state index in [-0.39, 0.29) is 6.10 Å². The van der Waals surface area contributed by atoms with Gasteiger partial charge in [-0.25, -0.2) is 0 Å². The predicted octanol–water partition coefficient (Wildman–Crippen LogP) is 4.28. The molecule has 120 valence electrons. The minimum absolute atomic E-state index is 0.280. The molecule has 0 radical (unpaired) electrons. The lowest BCUT2D eigenvalue weighted by molar-refractivity contribution is 0.0725. The Kier molecular flexibility index (Phi) is 6.12. The lowest BCUT2D eigenvalue weighted by Gasteiger charge is -2.31. The average Bonchev–Trinajstić information content (AvgIpc) is 2.72. The van der Waals surface area contributed by atoms with Crippen LogP contribution in [0.4, 0.5) is 0 Å². The lowest BCUT2D eigenvalue weighted by Crippen LogP contribution is -2.27. The fourth-order valence-electron chi connectivity index (χ4n) is 3.64. The van der Waals surface area contributed by atoms with Gasteiger partial charge in [0.1, 0.15) is 5.15 Å². The van der Waals surface area contributed by atoms with Crippen molar-refractivity contribution in [1.82, 2.24) is 9.78 Å². The van der Waals surface area contributed by atoms with Crippen molar-refractivity contribution >= 4 is 11.6 Å². The van der Waals surface area contributed by atoms with E-state index in [2.05, 4.69) is 12.0 Å². The molecule has 1 aliphatic rings. The molecule has 0 aliphatic heterocycles. The summed E-state index contributed by atoms with van der Waals surface area (Å²) in [5, 5.41) is 15.5. The van der Waals surface area contributed by atoms with Gasteiger partial charge in [-0.1, -0.05) is 50.6 Å². The van der Waals surface area contributed by atoms with Gasteiger partial charge in [0.15, 0.2) is 0 Å². The number of aliphatic hydroxyl groups is 1. The Bertz CT molecular complexity index is 450. The molecule has 0 spiro atoms. The second-order valence-corrected chi connectivity index (χ2v) is 7.03. The molecule has 1 heterocycles. The molecule has 21 heavy (non-hydrogen) atoms. The summed E-state index contributed by atoms with van der Waals surface area (Å²) in [4.78, 5) is 0. The van der Waals surface area contributed by atoms with Gasteiger partial charge in [-0.3, -0.25) is 4.68 Å². The first kappa shape index (κ1) is 16.8. The Morgan fingerprint density at radius 1 is 1.33 bits per heavy atom. The average molecular weight is 313 g/mol. The summed E-state index contributed by atoms with van der Waals surface area (Å²) in [6.07, 6.45) is 9.25. The number of halogens is 1. The Balaban J connectivity index is 1.86. The fraction of sp³-hybridized carbons (Fsp3) is 0.824. The van der Waals surface area contributed by atoms with Crippen LogP contribution in [-0.4, -0.2) is 21.0 Å². The highest BCUT2D eigenvalue weighted by Crippen LogP contribution is 2.35. The van der Waals surface area contributed by atoms with Crippen LogP contribution in [0.3, 0.4) is 0 Å². The van der Waals surface area contributed by atoms with Crippen LogP contribution in [0.2, 0.25) is 5.15 Å². The van der Waals surface area contributed by atoms with E-state index in [0.29, 0.717) is 17.5 Å². The van der Waals surface area contributed by atoms with Crippen molar-refractivity contribution in [2.45, 2.75) is 71.3 Å². The third kappa shape index (κ3) is 4.23. The number of hydrogen-bond donors (Lipinski definition) is 1. The maximum Gasteiger partial charge on any atom is 0.130 e. The van der Waals surface area contributed by atoms with Crippen molar-refractivity contribution in [3.05, 3.63) is 16.4 Å². The minimum Gasteiger partial charge on any atom is -0.392 e. The van der Waals surface area contributed by atoms with Gasteiger partial charge in [0.25, 0.3) is 0 Å². The zero-order valence-electron chi connectivity index (χ0n) is 13.6. The summed E-state index contributed by atoms with van der Waals surface area (Å²) >= 11 is 6.27. The molecule has 1 N–H and O–H groups in total. The van der Waals surface area contributed by atoms with E-state index in [9.17, 15) is 5.11 Å². The summed E-state index contributed by atoms with van der Waals surface area (Å²) in [7, 11) is 1.85. The number of rotatable bonds is 6. The Labute approximate surface area is 133 Å². The predicted molar refractivity (Wildman–Crippen MR) is 87.6 cm³/mol. The van der Waals surface area contributed by atoms with Gasteiger partial charge in [-0.15, -0.1) is 0 Å². The first-order chi connectivity index (χ1) is 10.0. The summed E-state index contributed by atoms with van der Waals surface area (Å²) < 4.78 is 1.70. The van der Waals surface area contributed by atoms with E-state index < -0.39 is 0 Å². The number of aromatic nitrogens is 2. The molecule has 1 atom stereocenters. The molecule has 0 bridgehead atoms. The van der Waals surface area contributed by atoms with Crippen LogP contribution in [0, 0.1) is 18.8 Å². The molecule has 0 saturated heterocycles. The zero-order valence-corrected chi connectivity index (χ0v) is 14.4. The van der Waals surface area contributed by atoms with E-state index in [1.807, 2.05) is 14.0 Å². The quantitative estimate of drug-likeness (QED) is 0.851. The lowest BCUT2D eigenvalue weighted by atomic mass is 9.76. The largest absolute Gasteiger partial charge is 0.392 e. The maximum absolute atomic E-state index is 10.6. The van der Waals surface area contributed by atoms with Crippen LogP contribution < -0.4 is 0 Å².